The van der Waals surface area contributed by atoms with Crippen molar-refractivity contribution in [3.63, 3.8) is 0 Å². The summed E-state index contributed by atoms with van der Waals surface area (Å²) in [5, 5.41) is 6.54. The molecule has 4 nitrogen and oxygen atoms in total. The second-order valence-electron chi connectivity index (χ2n) is 6.19. The predicted molar refractivity (Wildman–Crippen MR) is 101 cm³/mol. The number of carbonyl (C=O) groups excluding carboxylic acids is 1. The predicted octanol–water partition coefficient (Wildman–Crippen LogP) is 2.64. The van der Waals surface area contributed by atoms with Crippen molar-refractivity contribution in [2.45, 2.75) is 25.3 Å². The van der Waals surface area contributed by atoms with Crippen molar-refractivity contribution in [3.8, 4) is 0 Å². The van der Waals surface area contributed by atoms with Crippen LogP contribution in [0.1, 0.15) is 30.9 Å². The molecule has 1 fully saturated rings. The molecule has 23 heavy (non-hydrogen) atoms. The minimum Gasteiger partial charge on any atom is -0.348 e. The standard InChI is InChI=1S/C17H27N3O.2ClH/c1-20(2)13-16(15-6-4-3-5-7-15)19-17(21)9-8-14-10-11-18-12-14;;/h3-7,14,16,18H,8-13H2,1-2H3,(H,19,21);2*1H. The van der Waals surface area contributed by atoms with Gasteiger partial charge >= 0.3 is 0 Å². The van der Waals surface area contributed by atoms with Crippen molar-refractivity contribution in [1.29, 1.82) is 0 Å². The molecule has 2 unspecified atom stereocenters. The Morgan fingerprint density at radius 1 is 1.30 bits per heavy atom. The van der Waals surface area contributed by atoms with E-state index in [-0.39, 0.29) is 36.8 Å². The lowest BCUT2D eigenvalue weighted by atomic mass is 10.0. The lowest BCUT2D eigenvalue weighted by Crippen LogP contribution is -2.35. The monoisotopic (exact) mass is 361 g/mol. The highest BCUT2D eigenvalue weighted by Gasteiger charge is 2.18. The number of nitrogens with zero attached hydrogens (tertiary/aromatic N) is 1. The van der Waals surface area contributed by atoms with E-state index < -0.39 is 0 Å². The molecule has 1 saturated heterocycles. The maximum Gasteiger partial charge on any atom is 0.220 e. The zero-order valence-corrected chi connectivity index (χ0v) is 15.6. The normalized spacial score (nSPS) is 18.0. The fourth-order valence-electron chi connectivity index (χ4n) is 2.85. The fraction of sp³-hybridized carbons (Fsp3) is 0.588. The number of amides is 1. The summed E-state index contributed by atoms with van der Waals surface area (Å²) >= 11 is 0. The zero-order chi connectivity index (χ0) is 15.1. The number of rotatable bonds is 7. The number of halogens is 2. The van der Waals surface area contributed by atoms with Gasteiger partial charge in [-0.25, -0.2) is 0 Å². The highest BCUT2D eigenvalue weighted by molar-refractivity contribution is 5.85. The summed E-state index contributed by atoms with van der Waals surface area (Å²) in [6.07, 6.45) is 2.82. The van der Waals surface area contributed by atoms with Gasteiger partial charge in [0, 0.05) is 13.0 Å². The van der Waals surface area contributed by atoms with E-state index in [0.717, 1.165) is 26.1 Å². The summed E-state index contributed by atoms with van der Waals surface area (Å²) in [7, 11) is 4.07. The Balaban J connectivity index is 0.00000242. The Labute approximate surface area is 152 Å². The molecule has 0 spiro atoms. The van der Waals surface area contributed by atoms with Crippen LogP contribution in [0.15, 0.2) is 30.3 Å². The Hall–Kier alpha value is -0.810. The van der Waals surface area contributed by atoms with Crippen LogP contribution in [0, 0.1) is 5.92 Å². The van der Waals surface area contributed by atoms with Gasteiger partial charge in [0.25, 0.3) is 0 Å². The van der Waals surface area contributed by atoms with Gasteiger partial charge in [0.05, 0.1) is 6.04 Å². The molecule has 1 amide bonds. The number of likely N-dealkylation sites (N-methyl/N-ethyl adjacent to an activating group) is 1. The Kier molecular flexibility index (Phi) is 11.3. The van der Waals surface area contributed by atoms with Crippen LogP contribution in [0.5, 0.6) is 0 Å². The molecule has 0 saturated carbocycles. The molecule has 2 N–H and O–H groups in total. The molecule has 1 aliphatic heterocycles. The highest BCUT2D eigenvalue weighted by atomic mass is 35.5. The molecule has 0 radical (unpaired) electrons. The third-order valence-electron chi connectivity index (χ3n) is 4.03. The second kappa shape index (κ2) is 11.7. The van der Waals surface area contributed by atoms with Crippen molar-refractivity contribution >= 4 is 30.7 Å². The van der Waals surface area contributed by atoms with Crippen LogP contribution in [-0.4, -0.2) is 44.5 Å². The lowest BCUT2D eigenvalue weighted by molar-refractivity contribution is -0.122. The molecule has 0 aromatic heterocycles. The first-order valence-corrected chi connectivity index (χ1v) is 7.85. The summed E-state index contributed by atoms with van der Waals surface area (Å²) in [6.45, 7) is 2.98. The first-order valence-electron chi connectivity index (χ1n) is 7.85. The Bertz CT molecular complexity index is 437. The lowest BCUT2D eigenvalue weighted by Gasteiger charge is -2.23. The van der Waals surface area contributed by atoms with Crippen LogP contribution in [0.4, 0.5) is 0 Å². The average molecular weight is 362 g/mol. The van der Waals surface area contributed by atoms with Crippen molar-refractivity contribution in [3.05, 3.63) is 35.9 Å². The topological polar surface area (TPSA) is 44.4 Å². The van der Waals surface area contributed by atoms with Crippen LogP contribution in [0.2, 0.25) is 0 Å². The van der Waals surface area contributed by atoms with Gasteiger partial charge in [0.1, 0.15) is 0 Å². The van der Waals surface area contributed by atoms with E-state index in [9.17, 15) is 4.79 Å². The van der Waals surface area contributed by atoms with E-state index in [1.165, 1.54) is 12.0 Å². The molecular formula is C17H29Cl2N3O. The summed E-state index contributed by atoms with van der Waals surface area (Å²) < 4.78 is 0. The Morgan fingerprint density at radius 2 is 2.00 bits per heavy atom. The minimum atomic E-state index is 0. The van der Waals surface area contributed by atoms with Gasteiger partial charge in [-0.15, -0.1) is 24.8 Å². The number of nitrogens with one attached hydrogen (secondary N) is 2. The Morgan fingerprint density at radius 3 is 2.57 bits per heavy atom. The average Bonchev–Trinajstić information content (AvgIpc) is 2.98. The van der Waals surface area contributed by atoms with Crippen LogP contribution < -0.4 is 10.6 Å². The number of carbonyl (C=O) groups is 1. The number of benzene rings is 1. The van der Waals surface area contributed by atoms with Gasteiger partial charge < -0.3 is 15.5 Å². The first-order chi connectivity index (χ1) is 10.1. The maximum absolute atomic E-state index is 12.2. The first kappa shape index (κ1) is 22.2. The van der Waals surface area contributed by atoms with E-state index in [4.69, 9.17) is 0 Å². The second-order valence-corrected chi connectivity index (χ2v) is 6.19. The minimum absolute atomic E-state index is 0. The zero-order valence-electron chi connectivity index (χ0n) is 14.0. The van der Waals surface area contributed by atoms with Gasteiger partial charge in [0.2, 0.25) is 5.91 Å². The van der Waals surface area contributed by atoms with Crippen LogP contribution >= 0.6 is 24.8 Å². The van der Waals surface area contributed by atoms with E-state index >= 15 is 0 Å². The van der Waals surface area contributed by atoms with E-state index in [2.05, 4.69) is 27.7 Å². The van der Waals surface area contributed by atoms with E-state index in [1.54, 1.807) is 0 Å². The van der Waals surface area contributed by atoms with E-state index in [0.29, 0.717) is 12.3 Å². The summed E-state index contributed by atoms with van der Waals surface area (Å²) in [5.74, 6) is 0.831. The molecule has 0 bridgehead atoms. The van der Waals surface area contributed by atoms with Gasteiger partial charge in [-0.3, -0.25) is 4.79 Å². The molecular weight excluding hydrogens is 333 g/mol. The summed E-state index contributed by atoms with van der Waals surface area (Å²) in [6, 6.07) is 10.3. The molecule has 6 heteroatoms. The molecule has 0 aliphatic carbocycles. The molecule has 1 heterocycles. The quantitative estimate of drug-likeness (QED) is 0.784. The molecule has 132 valence electrons. The smallest absolute Gasteiger partial charge is 0.220 e. The summed E-state index contributed by atoms with van der Waals surface area (Å²) in [5.41, 5.74) is 1.17. The molecule has 2 atom stereocenters. The number of hydrogen-bond acceptors (Lipinski definition) is 3. The van der Waals surface area contributed by atoms with Gasteiger partial charge in [-0.2, -0.15) is 0 Å². The molecule has 1 aromatic rings. The van der Waals surface area contributed by atoms with Crippen molar-refractivity contribution in [2.75, 3.05) is 33.7 Å². The molecule has 1 aromatic carbocycles. The van der Waals surface area contributed by atoms with E-state index in [1.807, 2.05) is 32.3 Å². The van der Waals surface area contributed by atoms with Crippen LogP contribution in [0.25, 0.3) is 0 Å². The largest absolute Gasteiger partial charge is 0.348 e. The third kappa shape index (κ3) is 8.02. The fourth-order valence-corrected chi connectivity index (χ4v) is 2.85. The van der Waals surface area contributed by atoms with Crippen molar-refractivity contribution in [2.24, 2.45) is 5.92 Å². The van der Waals surface area contributed by atoms with Crippen molar-refractivity contribution in [1.82, 2.24) is 15.5 Å². The van der Waals surface area contributed by atoms with Gasteiger partial charge in [-0.1, -0.05) is 30.3 Å². The molecule has 2 rings (SSSR count). The van der Waals surface area contributed by atoms with Gasteiger partial charge in [0.15, 0.2) is 0 Å². The molecule has 1 aliphatic rings. The SMILES string of the molecule is CN(C)CC(NC(=O)CCC1CCNC1)c1ccccc1.Cl.Cl. The third-order valence-corrected chi connectivity index (χ3v) is 4.03. The van der Waals surface area contributed by atoms with Crippen LogP contribution in [0.3, 0.4) is 0 Å². The van der Waals surface area contributed by atoms with Crippen molar-refractivity contribution < 1.29 is 4.79 Å². The number of hydrogen-bond donors (Lipinski definition) is 2. The van der Waals surface area contributed by atoms with Gasteiger partial charge in [-0.05, 0) is 51.5 Å². The van der Waals surface area contributed by atoms with Crippen LogP contribution in [-0.2, 0) is 4.79 Å². The maximum atomic E-state index is 12.2. The summed E-state index contributed by atoms with van der Waals surface area (Å²) in [4.78, 5) is 14.3. The highest BCUT2D eigenvalue weighted by Crippen LogP contribution is 2.16.